The van der Waals surface area contributed by atoms with Crippen molar-refractivity contribution in [1.29, 1.82) is 0 Å². The lowest BCUT2D eigenvalue weighted by Crippen LogP contribution is -2.30. The van der Waals surface area contributed by atoms with Gasteiger partial charge in [-0.1, -0.05) is 37.3 Å². The van der Waals surface area contributed by atoms with E-state index in [1.807, 2.05) is 37.3 Å². The predicted octanol–water partition coefficient (Wildman–Crippen LogP) is 5.50. The molecule has 0 spiro atoms. The molecule has 9 heteroatoms. The van der Waals surface area contributed by atoms with Crippen molar-refractivity contribution in [3.05, 3.63) is 71.3 Å². The zero-order chi connectivity index (χ0) is 29.6. The molecule has 2 aliphatic heterocycles. The summed E-state index contributed by atoms with van der Waals surface area (Å²) in [5.74, 6) is -0.394. The second-order valence-corrected chi connectivity index (χ2v) is 10.5. The van der Waals surface area contributed by atoms with Crippen molar-refractivity contribution >= 4 is 17.8 Å². The molecular formula is C32H38O9. The van der Waals surface area contributed by atoms with E-state index in [-0.39, 0.29) is 36.4 Å². The molecule has 1 saturated heterocycles. The number of hydrogen-bond acceptors (Lipinski definition) is 9. The second-order valence-electron chi connectivity index (χ2n) is 10.5. The van der Waals surface area contributed by atoms with Crippen LogP contribution in [0.25, 0.3) is 6.08 Å². The molecule has 2 aromatic carbocycles. The van der Waals surface area contributed by atoms with E-state index in [0.717, 1.165) is 11.3 Å². The third kappa shape index (κ3) is 7.75. The molecule has 9 nitrogen and oxygen atoms in total. The van der Waals surface area contributed by atoms with Crippen molar-refractivity contribution in [2.75, 3.05) is 21.0 Å². The van der Waals surface area contributed by atoms with Crippen LogP contribution in [0.3, 0.4) is 0 Å². The van der Waals surface area contributed by atoms with Crippen molar-refractivity contribution < 1.29 is 42.7 Å². The molecule has 41 heavy (non-hydrogen) atoms. The number of cyclic esters (lactones) is 1. The maximum atomic E-state index is 13.5. The van der Waals surface area contributed by atoms with Gasteiger partial charge in [0.05, 0.1) is 13.2 Å². The first-order valence-corrected chi connectivity index (χ1v) is 13.6. The number of carbonyl (C=O) groups excluding carboxylic acids is 2. The molecule has 0 saturated carbocycles. The zero-order valence-electron chi connectivity index (χ0n) is 24.4. The van der Waals surface area contributed by atoms with Crippen LogP contribution in [0, 0.1) is 5.92 Å². The van der Waals surface area contributed by atoms with Gasteiger partial charge < -0.3 is 33.2 Å². The summed E-state index contributed by atoms with van der Waals surface area (Å²) in [4.78, 5) is 26.5. The Hall–Kier alpha value is -3.66. The first kappa shape index (κ1) is 30.3. The summed E-state index contributed by atoms with van der Waals surface area (Å²) in [7, 11) is 3.11. The van der Waals surface area contributed by atoms with E-state index in [2.05, 4.69) is 0 Å². The smallest absolute Gasteiger partial charge is 0.342 e. The van der Waals surface area contributed by atoms with Gasteiger partial charge in [0, 0.05) is 19.1 Å². The molecule has 4 atom stereocenters. The highest BCUT2D eigenvalue weighted by molar-refractivity contribution is 5.97. The highest BCUT2D eigenvalue weighted by Crippen LogP contribution is 2.34. The Morgan fingerprint density at radius 3 is 2.41 bits per heavy atom. The van der Waals surface area contributed by atoms with Crippen molar-refractivity contribution in [2.45, 2.75) is 64.8 Å². The highest BCUT2D eigenvalue weighted by atomic mass is 16.8. The Balaban J connectivity index is 1.71. The summed E-state index contributed by atoms with van der Waals surface area (Å²) in [6, 6.07) is 11.0. The monoisotopic (exact) mass is 566 g/mol. The standard InChI is InChI=1S/C32H38O9/c1-20-10-15-26(33)30-27(40-32(3,4)41-30)9-7-8-23-16-25(37-18-22-11-13-24(36-6)14-12-22)17-28(38-19-35-5)29(23)31(34)39-21(20)2/h7-8,10-17,20-21,27,30H,9,18-19H2,1-6H3/t20-,21+,27+,30?/m1/s1. The van der Waals surface area contributed by atoms with Crippen LogP contribution < -0.4 is 14.2 Å². The minimum atomic E-state index is -0.903. The zero-order valence-corrected chi connectivity index (χ0v) is 24.4. The summed E-state index contributed by atoms with van der Waals surface area (Å²) in [6.45, 7) is 7.43. The fourth-order valence-electron chi connectivity index (χ4n) is 4.58. The van der Waals surface area contributed by atoms with E-state index in [4.69, 9.17) is 33.2 Å². The van der Waals surface area contributed by atoms with Crippen LogP contribution in [-0.2, 0) is 30.3 Å². The number of methoxy groups -OCH3 is 2. The fourth-order valence-corrected chi connectivity index (χ4v) is 4.58. The summed E-state index contributed by atoms with van der Waals surface area (Å²) < 4.78 is 40.1. The number of carbonyl (C=O) groups is 2. The van der Waals surface area contributed by atoms with Crippen LogP contribution >= 0.6 is 0 Å². The van der Waals surface area contributed by atoms with Crippen LogP contribution in [0.2, 0.25) is 0 Å². The largest absolute Gasteiger partial charge is 0.497 e. The topological polar surface area (TPSA) is 98.8 Å². The van der Waals surface area contributed by atoms with Crippen molar-refractivity contribution in [1.82, 2.24) is 0 Å². The first-order valence-electron chi connectivity index (χ1n) is 13.6. The average molecular weight is 567 g/mol. The molecule has 2 aromatic rings. The minimum absolute atomic E-state index is 0.0772. The maximum Gasteiger partial charge on any atom is 0.342 e. The van der Waals surface area contributed by atoms with Gasteiger partial charge in [0.1, 0.15) is 41.6 Å². The molecule has 0 aliphatic carbocycles. The Labute approximate surface area is 241 Å². The van der Waals surface area contributed by atoms with Crippen LogP contribution in [-0.4, -0.2) is 56.9 Å². The third-order valence-corrected chi connectivity index (χ3v) is 6.93. The maximum absolute atomic E-state index is 13.5. The quantitative estimate of drug-likeness (QED) is 0.318. The number of esters is 1. The van der Waals surface area contributed by atoms with E-state index in [1.54, 1.807) is 52.2 Å². The van der Waals surface area contributed by atoms with E-state index in [1.165, 1.54) is 13.2 Å². The minimum Gasteiger partial charge on any atom is -0.497 e. The van der Waals surface area contributed by atoms with Gasteiger partial charge in [-0.15, -0.1) is 0 Å². The van der Waals surface area contributed by atoms with Gasteiger partial charge in [-0.3, -0.25) is 4.79 Å². The van der Waals surface area contributed by atoms with Gasteiger partial charge in [-0.05, 0) is 62.6 Å². The van der Waals surface area contributed by atoms with E-state index in [0.29, 0.717) is 17.7 Å². The van der Waals surface area contributed by atoms with E-state index >= 15 is 0 Å². The lowest BCUT2D eigenvalue weighted by atomic mass is 9.99. The van der Waals surface area contributed by atoms with Crippen molar-refractivity contribution in [2.24, 2.45) is 5.92 Å². The number of ketones is 1. The molecule has 1 unspecified atom stereocenters. The van der Waals surface area contributed by atoms with Crippen molar-refractivity contribution in [3.8, 4) is 17.2 Å². The molecule has 0 aromatic heterocycles. The van der Waals surface area contributed by atoms with E-state index < -0.39 is 30.1 Å². The SMILES string of the molecule is COCOc1cc(OCc2ccc(OC)cc2)cc2c1C(=O)O[C@@H](C)[C@H](C)C=CC(=O)C1OC(C)(C)O[C@H]1CC=C2. The van der Waals surface area contributed by atoms with Crippen LogP contribution in [0.5, 0.6) is 17.2 Å². The molecular weight excluding hydrogens is 528 g/mol. The number of rotatable bonds is 7. The van der Waals surface area contributed by atoms with E-state index in [9.17, 15) is 9.59 Å². The predicted molar refractivity (Wildman–Crippen MR) is 152 cm³/mol. The molecule has 220 valence electrons. The molecule has 2 heterocycles. The van der Waals surface area contributed by atoms with Gasteiger partial charge in [0.25, 0.3) is 0 Å². The van der Waals surface area contributed by atoms with Gasteiger partial charge >= 0.3 is 5.97 Å². The number of hydrogen-bond donors (Lipinski definition) is 0. The Morgan fingerprint density at radius 1 is 0.951 bits per heavy atom. The summed E-state index contributed by atoms with van der Waals surface area (Å²) in [5.41, 5.74) is 1.71. The highest BCUT2D eigenvalue weighted by Gasteiger charge is 2.43. The number of ether oxygens (including phenoxy) is 7. The van der Waals surface area contributed by atoms with Crippen LogP contribution in [0.1, 0.15) is 55.6 Å². The van der Waals surface area contributed by atoms with Gasteiger partial charge in [0.15, 0.2) is 18.4 Å². The normalized spacial score (nSPS) is 24.1. The van der Waals surface area contributed by atoms with Crippen molar-refractivity contribution in [3.63, 3.8) is 0 Å². The Kier molecular flexibility index (Phi) is 9.86. The molecule has 2 aliphatic rings. The summed E-state index contributed by atoms with van der Waals surface area (Å²) >= 11 is 0. The van der Waals surface area contributed by atoms with Crippen LogP contribution in [0.15, 0.2) is 54.6 Å². The summed E-state index contributed by atoms with van der Waals surface area (Å²) in [5, 5.41) is 0. The molecule has 4 rings (SSSR count). The van der Waals surface area contributed by atoms with Gasteiger partial charge in [0.2, 0.25) is 0 Å². The third-order valence-electron chi connectivity index (χ3n) is 6.93. The average Bonchev–Trinajstić information content (AvgIpc) is 3.27. The summed E-state index contributed by atoms with van der Waals surface area (Å²) in [6.07, 6.45) is 5.44. The molecule has 0 radical (unpaired) electrons. The number of fused-ring (bicyclic) bond motifs is 2. The molecule has 1 fully saturated rings. The van der Waals surface area contributed by atoms with Crippen LogP contribution in [0.4, 0.5) is 0 Å². The second kappa shape index (κ2) is 13.3. The Morgan fingerprint density at radius 2 is 1.71 bits per heavy atom. The molecule has 0 bridgehead atoms. The Bertz CT molecular complexity index is 1280. The van der Waals surface area contributed by atoms with Gasteiger partial charge in [-0.25, -0.2) is 4.79 Å². The van der Waals surface area contributed by atoms with Gasteiger partial charge in [-0.2, -0.15) is 0 Å². The lowest BCUT2D eigenvalue weighted by Gasteiger charge is -2.21. The first-order chi connectivity index (χ1) is 19.6. The molecule has 0 amide bonds. The number of benzene rings is 2. The fraction of sp³-hybridized carbons (Fsp3) is 0.438. The molecule has 0 N–H and O–H groups in total. The lowest BCUT2D eigenvalue weighted by molar-refractivity contribution is -0.152.